The number of hydrogen-bond acceptors (Lipinski definition) is 1. The molecule has 0 heterocycles. The summed E-state index contributed by atoms with van der Waals surface area (Å²) in [6, 6.07) is 27.2. The molecule has 3 rings (SSSR count). The molecule has 3 aromatic rings. The lowest BCUT2D eigenvalue weighted by Crippen LogP contribution is -2.15. The number of phenolic OH excluding ortho intramolecular Hbond substituents is 1. The lowest BCUT2D eigenvalue weighted by molar-refractivity contribution is 0.471. The number of phenols is 1. The third-order valence-electron chi connectivity index (χ3n) is 3.91. The molecule has 0 aliphatic carbocycles. The second-order valence-electron chi connectivity index (χ2n) is 5.43. The van der Waals surface area contributed by atoms with Gasteiger partial charge in [0.05, 0.1) is 4.47 Å². The van der Waals surface area contributed by atoms with Gasteiger partial charge in [-0.1, -0.05) is 73.7 Å². The van der Waals surface area contributed by atoms with Crippen molar-refractivity contribution in [3.05, 3.63) is 88.9 Å². The van der Waals surface area contributed by atoms with E-state index >= 15 is 0 Å². The zero-order valence-electron chi connectivity index (χ0n) is 12.9. The van der Waals surface area contributed by atoms with Gasteiger partial charge in [-0.25, -0.2) is 0 Å². The fraction of sp³-hybridized carbons (Fsp3) is 0.100. The van der Waals surface area contributed by atoms with Gasteiger partial charge in [0.1, 0.15) is 5.75 Å². The first kappa shape index (κ1) is 16.2. The van der Waals surface area contributed by atoms with E-state index in [1.165, 1.54) is 16.2 Å². The number of hydrogen-bond donors (Lipinski definition) is 1. The Kier molecular flexibility index (Phi) is 5.15. The molecule has 0 bridgehead atoms. The van der Waals surface area contributed by atoms with Gasteiger partial charge in [-0.2, -0.15) is 0 Å². The summed E-state index contributed by atoms with van der Waals surface area (Å²) in [6.45, 7) is 2.27. The average Bonchev–Trinajstić information content (AvgIpc) is 2.59. The fourth-order valence-corrected chi connectivity index (χ4v) is 5.74. The molecule has 1 unspecified atom stereocenters. The van der Waals surface area contributed by atoms with Gasteiger partial charge >= 0.3 is 0 Å². The van der Waals surface area contributed by atoms with Crippen molar-refractivity contribution < 1.29 is 5.11 Å². The molecule has 116 valence electrons. The van der Waals surface area contributed by atoms with Crippen LogP contribution in [0.2, 0.25) is 0 Å². The highest BCUT2D eigenvalue weighted by molar-refractivity contribution is 9.10. The molecule has 1 N–H and O–H groups in total. The average molecular weight is 385 g/mol. The summed E-state index contributed by atoms with van der Waals surface area (Å²) >= 11 is 3.43. The molecule has 1 nitrogen and oxygen atoms in total. The molecule has 0 amide bonds. The van der Waals surface area contributed by atoms with Crippen molar-refractivity contribution in [2.24, 2.45) is 0 Å². The van der Waals surface area contributed by atoms with Crippen molar-refractivity contribution in [1.29, 1.82) is 0 Å². The van der Waals surface area contributed by atoms with Crippen LogP contribution in [0.3, 0.4) is 0 Å². The molecule has 23 heavy (non-hydrogen) atoms. The van der Waals surface area contributed by atoms with Crippen LogP contribution in [0, 0.1) is 0 Å². The first-order valence-electron chi connectivity index (χ1n) is 7.54. The molecular weight excluding hydrogens is 367 g/mol. The predicted molar refractivity (Wildman–Crippen MR) is 103 cm³/mol. The lowest BCUT2D eigenvalue weighted by atomic mass is 10.1. The van der Waals surface area contributed by atoms with Crippen molar-refractivity contribution >= 4 is 34.5 Å². The van der Waals surface area contributed by atoms with Gasteiger partial charge < -0.3 is 5.11 Å². The molecule has 0 aliphatic heterocycles. The van der Waals surface area contributed by atoms with Gasteiger partial charge in [-0.3, -0.25) is 0 Å². The smallest absolute Gasteiger partial charge is 0.129 e. The number of halogens is 1. The van der Waals surface area contributed by atoms with Crippen molar-refractivity contribution in [3.8, 4) is 5.75 Å². The van der Waals surface area contributed by atoms with E-state index in [2.05, 4.69) is 83.5 Å². The molecule has 0 aromatic heterocycles. The van der Waals surface area contributed by atoms with Gasteiger partial charge in [-0.15, -0.1) is 0 Å². The van der Waals surface area contributed by atoms with Crippen LogP contribution >= 0.6 is 23.9 Å². The van der Waals surface area contributed by atoms with Gasteiger partial charge in [0.25, 0.3) is 0 Å². The van der Waals surface area contributed by atoms with Crippen LogP contribution in [-0.2, 0) is 0 Å². The number of rotatable bonds is 4. The Labute approximate surface area is 146 Å². The third kappa shape index (κ3) is 3.65. The van der Waals surface area contributed by atoms with E-state index in [0.717, 1.165) is 4.47 Å². The summed E-state index contributed by atoms with van der Waals surface area (Å²) in [5.41, 5.74) is 1.58. The second-order valence-corrected chi connectivity index (χ2v) is 8.83. The highest BCUT2D eigenvalue weighted by atomic mass is 79.9. The zero-order valence-corrected chi connectivity index (χ0v) is 15.3. The van der Waals surface area contributed by atoms with E-state index in [9.17, 15) is 5.11 Å². The van der Waals surface area contributed by atoms with Gasteiger partial charge in [0.15, 0.2) is 0 Å². The minimum absolute atomic E-state index is 0.282. The van der Waals surface area contributed by atoms with Gasteiger partial charge in [-0.05, 0) is 52.2 Å². The van der Waals surface area contributed by atoms with E-state index in [-0.39, 0.29) is 5.75 Å². The van der Waals surface area contributed by atoms with Crippen LogP contribution < -0.4 is 10.6 Å². The van der Waals surface area contributed by atoms with Gasteiger partial charge in [0.2, 0.25) is 0 Å². The summed E-state index contributed by atoms with van der Waals surface area (Å²) in [7, 11) is -0.513. The van der Waals surface area contributed by atoms with Crippen molar-refractivity contribution in [2.45, 2.75) is 12.6 Å². The summed E-state index contributed by atoms with van der Waals surface area (Å²) in [5, 5.41) is 12.5. The molecule has 0 saturated heterocycles. The van der Waals surface area contributed by atoms with E-state index in [0.29, 0.717) is 5.66 Å². The maximum Gasteiger partial charge on any atom is 0.129 e. The molecule has 3 aromatic carbocycles. The first-order chi connectivity index (χ1) is 11.2. The van der Waals surface area contributed by atoms with Crippen LogP contribution in [0.25, 0.3) is 0 Å². The Bertz CT molecular complexity index is 735. The molecule has 0 aliphatic rings. The molecule has 0 fully saturated rings. The quantitative estimate of drug-likeness (QED) is 0.601. The van der Waals surface area contributed by atoms with Crippen LogP contribution in [0.5, 0.6) is 5.75 Å². The molecule has 0 spiro atoms. The largest absolute Gasteiger partial charge is 0.507 e. The Morgan fingerprint density at radius 1 is 0.826 bits per heavy atom. The van der Waals surface area contributed by atoms with Crippen molar-refractivity contribution in [1.82, 2.24) is 0 Å². The van der Waals surface area contributed by atoms with Crippen LogP contribution in [0.15, 0.2) is 83.3 Å². The maximum atomic E-state index is 9.76. The van der Waals surface area contributed by atoms with E-state index in [1.807, 2.05) is 12.1 Å². The second kappa shape index (κ2) is 7.29. The van der Waals surface area contributed by atoms with Crippen LogP contribution in [-0.4, -0.2) is 5.11 Å². The molecule has 1 atom stereocenters. The minimum atomic E-state index is -0.513. The SMILES string of the molecule is CC(c1ccc(O)c(Br)c1)P(c1ccccc1)c1ccccc1. The van der Waals surface area contributed by atoms with Crippen LogP contribution in [0.1, 0.15) is 18.1 Å². The monoisotopic (exact) mass is 384 g/mol. The highest BCUT2D eigenvalue weighted by Crippen LogP contribution is 2.49. The van der Waals surface area contributed by atoms with Crippen molar-refractivity contribution in [3.63, 3.8) is 0 Å². The zero-order chi connectivity index (χ0) is 16.2. The van der Waals surface area contributed by atoms with E-state index in [4.69, 9.17) is 0 Å². The molecule has 0 saturated carbocycles. The Morgan fingerprint density at radius 3 is 1.83 bits per heavy atom. The topological polar surface area (TPSA) is 20.2 Å². The van der Waals surface area contributed by atoms with Gasteiger partial charge in [0, 0.05) is 5.66 Å². The standard InChI is InChI=1S/C20H18BrOP/c1-15(16-12-13-20(22)19(21)14-16)23(17-8-4-2-5-9-17)18-10-6-3-7-11-18/h2-15,22H,1H3. The highest BCUT2D eigenvalue weighted by Gasteiger charge is 2.22. The summed E-state index contributed by atoms with van der Waals surface area (Å²) in [5.74, 6) is 0.282. The van der Waals surface area contributed by atoms with Crippen LogP contribution in [0.4, 0.5) is 0 Å². The number of benzene rings is 3. The van der Waals surface area contributed by atoms with Crippen molar-refractivity contribution in [2.75, 3.05) is 0 Å². The summed E-state index contributed by atoms with van der Waals surface area (Å²) in [6.07, 6.45) is 0. The Hall–Kier alpha value is -1.63. The fourth-order valence-electron chi connectivity index (χ4n) is 2.71. The summed E-state index contributed by atoms with van der Waals surface area (Å²) in [4.78, 5) is 0. The minimum Gasteiger partial charge on any atom is -0.507 e. The molecular formula is C20H18BrOP. The first-order valence-corrected chi connectivity index (χ1v) is 9.75. The summed E-state index contributed by atoms with van der Waals surface area (Å²) < 4.78 is 0.748. The van der Waals surface area contributed by atoms with E-state index in [1.54, 1.807) is 6.07 Å². The maximum absolute atomic E-state index is 9.76. The lowest BCUT2D eigenvalue weighted by Gasteiger charge is -2.26. The third-order valence-corrected chi connectivity index (χ3v) is 7.33. The molecule has 0 radical (unpaired) electrons. The molecule has 3 heteroatoms. The number of aromatic hydroxyl groups is 1. The Morgan fingerprint density at radius 2 is 1.35 bits per heavy atom. The Balaban J connectivity index is 2.06. The predicted octanol–water partition coefficient (Wildman–Crippen LogP) is 5.35. The normalized spacial score (nSPS) is 12.3. The van der Waals surface area contributed by atoms with E-state index < -0.39 is 7.92 Å².